The van der Waals surface area contributed by atoms with Crippen molar-refractivity contribution in [3.8, 4) is 0 Å². The Balaban J connectivity index is 1.38. The first-order valence-electron chi connectivity index (χ1n) is 10.7. The van der Waals surface area contributed by atoms with Crippen LogP contribution in [0.3, 0.4) is 0 Å². The molecular weight excluding hydrogens is 380 g/mol. The molecule has 0 aliphatic carbocycles. The van der Waals surface area contributed by atoms with Crippen LogP contribution in [-0.2, 0) is 13.1 Å². The number of nitrogens with one attached hydrogen (secondary N) is 1. The van der Waals surface area contributed by atoms with Gasteiger partial charge in [-0.3, -0.25) is 14.5 Å². The summed E-state index contributed by atoms with van der Waals surface area (Å²) >= 11 is 0. The topological polar surface area (TPSA) is 83.4 Å². The molecule has 0 saturated carbocycles. The monoisotopic (exact) mass is 410 g/mol. The molecule has 2 aromatic rings. The fourth-order valence-corrected chi connectivity index (χ4v) is 4.23. The SMILES string of the molecule is Cc1ccc(CN2CCN(C(=O)c3nnn4c3C(=O)NC(CC(C)C)C4)CC2)cc1. The fourth-order valence-electron chi connectivity index (χ4n) is 4.23. The van der Waals surface area contributed by atoms with E-state index in [4.69, 9.17) is 0 Å². The maximum absolute atomic E-state index is 13.1. The number of fused-ring (bicyclic) bond motifs is 1. The Morgan fingerprint density at radius 3 is 2.53 bits per heavy atom. The highest BCUT2D eigenvalue weighted by molar-refractivity contribution is 6.05. The van der Waals surface area contributed by atoms with E-state index in [9.17, 15) is 9.59 Å². The number of rotatable bonds is 5. The van der Waals surface area contributed by atoms with Gasteiger partial charge in [0.25, 0.3) is 11.8 Å². The largest absolute Gasteiger partial charge is 0.346 e. The van der Waals surface area contributed by atoms with Crippen molar-refractivity contribution >= 4 is 11.8 Å². The van der Waals surface area contributed by atoms with Crippen LogP contribution in [0.2, 0.25) is 0 Å². The Bertz CT molecular complexity index is 912. The van der Waals surface area contributed by atoms with Crippen molar-refractivity contribution in [3.63, 3.8) is 0 Å². The summed E-state index contributed by atoms with van der Waals surface area (Å²) in [5.74, 6) is 0.0135. The molecule has 160 valence electrons. The first-order chi connectivity index (χ1) is 14.4. The second kappa shape index (κ2) is 8.55. The molecule has 1 aromatic carbocycles. The average molecular weight is 411 g/mol. The highest BCUT2D eigenvalue weighted by Crippen LogP contribution is 2.18. The molecule has 2 aliphatic rings. The molecule has 0 radical (unpaired) electrons. The molecule has 1 unspecified atom stereocenters. The third kappa shape index (κ3) is 4.38. The number of piperazine rings is 1. The molecule has 3 heterocycles. The molecule has 2 aliphatic heterocycles. The standard InChI is InChI=1S/C22H30N6O2/c1-15(2)12-18-14-28-20(21(29)23-18)19(24-25-28)22(30)27-10-8-26(9-11-27)13-17-6-4-16(3)5-7-17/h4-7,15,18H,8-14H2,1-3H3,(H,23,29). The van der Waals surface area contributed by atoms with E-state index < -0.39 is 0 Å². The zero-order chi connectivity index (χ0) is 21.3. The zero-order valence-corrected chi connectivity index (χ0v) is 18.0. The lowest BCUT2D eigenvalue weighted by molar-refractivity contribution is 0.0617. The molecule has 0 bridgehead atoms. The molecule has 30 heavy (non-hydrogen) atoms. The van der Waals surface area contributed by atoms with Crippen LogP contribution >= 0.6 is 0 Å². The number of hydrogen-bond donors (Lipinski definition) is 1. The fraction of sp³-hybridized carbons (Fsp3) is 0.545. The van der Waals surface area contributed by atoms with Crippen molar-refractivity contribution in [1.29, 1.82) is 0 Å². The van der Waals surface area contributed by atoms with Crippen LogP contribution in [0.5, 0.6) is 0 Å². The minimum atomic E-state index is -0.252. The quantitative estimate of drug-likeness (QED) is 0.811. The molecule has 1 fully saturated rings. The van der Waals surface area contributed by atoms with Crippen LogP contribution in [0.1, 0.15) is 52.4 Å². The van der Waals surface area contributed by atoms with E-state index in [2.05, 4.69) is 65.6 Å². The van der Waals surface area contributed by atoms with Crippen LogP contribution in [0, 0.1) is 12.8 Å². The van der Waals surface area contributed by atoms with Gasteiger partial charge in [0.2, 0.25) is 0 Å². The van der Waals surface area contributed by atoms with Crippen molar-refractivity contribution in [3.05, 3.63) is 46.8 Å². The molecule has 1 N–H and O–H groups in total. The van der Waals surface area contributed by atoms with Gasteiger partial charge in [-0.05, 0) is 24.8 Å². The van der Waals surface area contributed by atoms with E-state index >= 15 is 0 Å². The maximum Gasteiger partial charge on any atom is 0.276 e. The lowest BCUT2D eigenvalue weighted by Crippen LogP contribution is -2.49. The summed E-state index contributed by atoms with van der Waals surface area (Å²) in [6.07, 6.45) is 0.872. The maximum atomic E-state index is 13.1. The van der Waals surface area contributed by atoms with Crippen molar-refractivity contribution in [2.45, 2.75) is 46.3 Å². The van der Waals surface area contributed by atoms with Gasteiger partial charge >= 0.3 is 0 Å². The van der Waals surface area contributed by atoms with E-state index in [1.165, 1.54) is 11.1 Å². The Morgan fingerprint density at radius 1 is 1.17 bits per heavy atom. The third-order valence-electron chi connectivity index (χ3n) is 5.82. The lowest BCUT2D eigenvalue weighted by atomic mass is 10.0. The Kier molecular flexibility index (Phi) is 5.85. The van der Waals surface area contributed by atoms with Crippen LogP contribution < -0.4 is 5.32 Å². The second-order valence-corrected chi connectivity index (χ2v) is 8.82. The number of hydrogen-bond acceptors (Lipinski definition) is 5. The summed E-state index contributed by atoms with van der Waals surface area (Å²) in [5, 5.41) is 11.2. The van der Waals surface area contributed by atoms with E-state index in [1.807, 2.05) is 0 Å². The second-order valence-electron chi connectivity index (χ2n) is 8.82. The van der Waals surface area contributed by atoms with Gasteiger partial charge in [0.05, 0.1) is 6.54 Å². The summed E-state index contributed by atoms with van der Waals surface area (Å²) in [5.41, 5.74) is 3.00. The molecule has 8 nitrogen and oxygen atoms in total. The number of aryl methyl sites for hydroxylation is 1. The number of carbonyl (C=O) groups excluding carboxylic acids is 2. The van der Waals surface area contributed by atoms with Gasteiger partial charge in [-0.25, -0.2) is 4.68 Å². The predicted molar refractivity (Wildman–Crippen MR) is 113 cm³/mol. The lowest BCUT2D eigenvalue weighted by Gasteiger charge is -2.34. The first kappa shape index (κ1) is 20.5. The van der Waals surface area contributed by atoms with Crippen molar-refractivity contribution < 1.29 is 9.59 Å². The van der Waals surface area contributed by atoms with Gasteiger partial charge in [0.1, 0.15) is 0 Å². The summed E-state index contributed by atoms with van der Waals surface area (Å²) in [7, 11) is 0. The van der Waals surface area contributed by atoms with E-state index in [0.29, 0.717) is 31.2 Å². The summed E-state index contributed by atoms with van der Waals surface area (Å²) in [6, 6.07) is 8.59. The molecular formula is C22H30N6O2. The summed E-state index contributed by atoms with van der Waals surface area (Å²) < 4.78 is 1.59. The average Bonchev–Trinajstić information content (AvgIpc) is 3.14. The van der Waals surface area contributed by atoms with Crippen LogP contribution in [0.4, 0.5) is 0 Å². The van der Waals surface area contributed by atoms with E-state index in [0.717, 1.165) is 26.1 Å². The molecule has 1 atom stereocenters. The molecule has 0 spiro atoms. The van der Waals surface area contributed by atoms with E-state index in [-0.39, 0.29) is 23.6 Å². The minimum absolute atomic E-state index is 0.0278. The number of aromatic nitrogens is 3. The minimum Gasteiger partial charge on any atom is -0.346 e. The highest BCUT2D eigenvalue weighted by Gasteiger charge is 2.34. The van der Waals surface area contributed by atoms with Crippen LogP contribution in [0.25, 0.3) is 0 Å². The van der Waals surface area contributed by atoms with Gasteiger partial charge in [-0.2, -0.15) is 0 Å². The van der Waals surface area contributed by atoms with Crippen molar-refractivity contribution in [2.75, 3.05) is 26.2 Å². The highest BCUT2D eigenvalue weighted by atomic mass is 16.2. The van der Waals surface area contributed by atoms with Gasteiger partial charge in [0.15, 0.2) is 11.4 Å². The zero-order valence-electron chi connectivity index (χ0n) is 18.0. The van der Waals surface area contributed by atoms with Gasteiger partial charge in [0, 0.05) is 38.8 Å². The Morgan fingerprint density at radius 2 is 1.87 bits per heavy atom. The van der Waals surface area contributed by atoms with Gasteiger partial charge < -0.3 is 10.2 Å². The first-order valence-corrected chi connectivity index (χ1v) is 10.7. The molecule has 2 amide bonds. The van der Waals surface area contributed by atoms with E-state index in [1.54, 1.807) is 9.58 Å². The van der Waals surface area contributed by atoms with Crippen LogP contribution in [0.15, 0.2) is 24.3 Å². The number of carbonyl (C=O) groups is 2. The van der Waals surface area contributed by atoms with Crippen LogP contribution in [-0.4, -0.2) is 68.8 Å². The van der Waals surface area contributed by atoms with Gasteiger partial charge in [-0.15, -0.1) is 5.10 Å². The normalized spacial score (nSPS) is 19.7. The summed E-state index contributed by atoms with van der Waals surface area (Å²) in [6.45, 7) is 10.6. The number of amides is 2. The predicted octanol–water partition coefficient (Wildman–Crippen LogP) is 1.70. The Labute approximate surface area is 177 Å². The van der Waals surface area contributed by atoms with Gasteiger partial charge in [-0.1, -0.05) is 48.9 Å². The molecule has 1 aromatic heterocycles. The van der Waals surface area contributed by atoms with Crippen molar-refractivity contribution in [2.24, 2.45) is 5.92 Å². The van der Waals surface area contributed by atoms with Crippen molar-refractivity contribution in [1.82, 2.24) is 30.1 Å². The number of benzene rings is 1. The third-order valence-corrected chi connectivity index (χ3v) is 5.82. The molecule has 1 saturated heterocycles. The number of nitrogens with zero attached hydrogens (tertiary/aromatic N) is 5. The molecule has 4 rings (SSSR count). The molecule has 8 heteroatoms. The smallest absolute Gasteiger partial charge is 0.276 e. The Hall–Kier alpha value is -2.74. The summed E-state index contributed by atoms with van der Waals surface area (Å²) in [4.78, 5) is 29.8.